The lowest BCUT2D eigenvalue weighted by atomic mass is 10.0. The molecule has 6 heteroatoms. The van der Waals surface area contributed by atoms with Crippen LogP contribution in [0.1, 0.15) is 29.2 Å². The minimum Gasteiger partial charge on any atom is -0.489 e. The van der Waals surface area contributed by atoms with Crippen LogP contribution in [0.25, 0.3) is 0 Å². The number of aryl methyl sites for hydroxylation is 1. The maximum atomic E-state index is 10.8. The monoisotopic (exact) mass is 356 g/mol. The molecule has 138 valence electrons. The molecule has 6 nitrogen and oxygen atoms in total. The van der Waals surface area contributed by atoms with Gasteiger partial charge in [-0.25, -0.2) is 0 Å². The molecule has 1 unspecified atom stereocenters. The zero-order chi connectivity index (χ0) is 18.4. The van der Waals surface area contributed by atoms with Crippen molar-refractivity contribution in [2.24, 2.45) is 0 Å². The molecule has 0 aliphatic carbocycles. The Balaban J connectivity index is 1.60. The molecule has 1 N–H and O–H groups in total. The summed E-state index contributed by atoms with van der Waals surface area (Å²) in [7, 11) is 0. The number of aromatic nitrogens is 1. The molecule has 1 aliphatic heterocycles. The number of rotatable bonds is 7. The van der Waals surface area contributed by atoms with Crippen LogP contribution >= 0.6 is 0 Å². The van der Waals surface area contributed by atoms with Crippen LogP contribution in [0.15, 0.2) is 42.7 Å². The Morgan fingerprint density at radius 2 is 2.15 bits per heavy atom. The van der Waals surface area contributed by atoms with Crippen molar-refractivity contribution in [1.29, 1.82) is 0 Å². The molecule has 1 aromatic carbocycles. The molecule has 1 aliphatic rings. The Morgan fingerprint density at radius 1 is 1.35 bits per heavy atom. The molecule has 1 atom stereocenters. The number of carboxylic acids is 1. The minimum absolute atomic E-state index is 0.0354. The summed E-state index contributed by atoms with van der Waals surface area (Å²) in [5, 5.41) is 8.86. The number of benzene rings is 1. The van der Waals surface area contributed by atoms with E-state index in [9.17, 15) is 4.79 Å². The van der Waals surface area contributed by atoms with Crippen LogP contribution in [0, 0.1) is 6.92 Å². The third-order valence-electron chi connectivity index (χ3n) is 4.54. The highest BCUT2D eigenvalue weighted by atomic mass is 16.5. The first kappa shape index (κ1) is 18.4. The number of morpholine rings is 1. The van der Waals surface area contributed by atoms with E-state index in [-0.39, 0.29) is 12.5 Å². The molecule has 2 aromatic rings. The van der Waals surface area contributed by atoms with Crippen molar-refractivity contribution in [2.45, 2.75) is 26.1 Å². The van der Waals surface area contributed by atoms with Crippen molar-refractivity contribution < 1.29 is 19.4 Å². The van der Waals surface area contributed by atoms with Crippen molar-refractivity contribution in [3.05, 3.63) is 59.4 Å². The lowest BCUT2D eigenvalue weighted by Gasteiger charge is -2.33. The summed E-state index contributed by atoms with van der Waals surface area (Å²) in [4.78, 5) is 16.9. The summed E-state index contributed by atoms with van der Waals surface area (Å²) in [5.41, 5.74) is 3.31. The summed E-state index contributed by atoms with van der Waals surface area (Å²) >= 11 is 0. The van der Waals surface area contributed by atoms with Gasteiger partial charge in [0.2, 0.25) is 0 Å². The Hall–Kier alpha value is -2.44. The van der Waals surface area contributed by atoms with Gasteiger partial charge in [-0.15, -0.1) is 0 Å². The number of hydrogen-bond acceptors (Lipinski definition) is 5. The van der Waals surface area contributed by atoms with Gasteiger partial charge >= 0.3 is 5.97 Å². The molecule has 1 saturated heterocycles. The van der Waals surface area contributed by atoms with E-state index in [1.54, 1.807) is 12.4 Å². The topological polar surface area (TPSA) is 71.9 Å². The van der Waals surface area contributed by atoms with E-state index in [1.165, 1.54) is 0 Å². The number of pyridine rings is 1. The van der Waals surface area contributed by atoms with Crippen molar-refractivity contribution in [1.82, 2.24) is 9.88 Å². The van der Waals surface area contributed by atoms with Gasteiger partial charge in [-0.2, -0.15) is 0 Å². The van der Waals surface area contributed by atoms with Gasteiger partial charge in [0.05, 0.1) is 19.1 Å². The lowest BCUT2D eigenvalue weighted by molar-refractivity contribution is -0.137. The van der Waals surface area contributed by atoms with Gasteiger partial charge in [0, 0.05) is 32.0 Å². The second kappa shape index (κ2) is 8.78. The fourth-order valence-corrected chi connectivity index (χ4v) is 3.09. The third-order valence-corrected chi connectivity index (χ3v) is 4.54. The predicted molar refractivity (Wildman–Crippen MR) is 97.1 cm³/mol. The fourth-order valence-electron chi connectivity index (χ4n) is 3.09. The largest absolute Gasteiger partial charge is 0.489 e. The molecule has 0 radical (unpaired) electrons. The number of ether oxygens (including phenoxy) is 2. The van der Waals surface area contributed by atoms with E-state index in [4.69, 9.17) is 14.6 Å². The Bertz CT molecular complexity index is 736. The van der Waals surface area contributed by atoms with E-state index >= 15 is 0 Å². The molecular weight excluding hydrogens is 332 g/mol. The Kier molecular flexibility index (Phi) is 6.20. The van der Waals surface area contributed by atoms with Crippen molar-refractivity contribution >= 4 is 5.97 Å². The molecule has 26 heavy (non-hydrogen) atoms. The highest BCUT2D eigenvalue weighted by Crippen LogP contribution is 2.28. The molecule has 0 bridgehead atoms. The maximum absolute atomic E-state index is 10.8. The van der Waals surface area contributed by atoms with E-state index in [1.807, 2.05) is 37.3 Å². The molecule has 1 fully saturated rings. The SMILES string of the molecule is Cc1cc(OCc2ccncc2)ccc1C1CN(CCC(=O)O)CCO1. The first-order chi connectivity index (χ1) is 12.6. The summed E-state index contributed by atoms with van der Waals surface area (Å²) < 4.78 is 11.8. The van der Waals surface area contributed by atoms with E-state index in [2.05, 4.69) is 9.88 Å². The minimum atomic E-state index is -0.764. The molecule has 2 heterocycles. The van der Waals surface area contributed by atoms with Crippen LogP contribution in [0.3, 0.4) is 0 Å². The lowest BCUT2D eigenvalue weighted by Crippen LogP contribution is -2.39. The molecule has 0 amide bonds. The average Bonchev–Trinajstić information content (AvgIpc) is 2.66. The Labute approximate surface area is 153 Å². The van der Waals surface area contributed by atoms with Gasteiger partial charge in [-0.05, 0) is 47.9 Å². The van der Waals surface area contributed by atoms with Gasteiger partial charge in [-0.1, -0.05) is 6.07 Å². The van der Waals surface area contributed by atoms with Gasteiger partial charge < -0.3 is 14.6 Å². The smallest absolute Gasteiger partial charge is 0.304 e. The van der Waals surface area contributed by atoms with Crippen molar-refractivity contribution in [3.63, 3.8) is 0 Å². The van der Waals surface area contributed by atoms with Crippen molar-refractivity contribution in [3.8, 4) is 5.75 Å². The highest BCUT2D eigenvalue weighted by molar-refractivity contribution is 5.66. The van der Waals surface area contributed by atoms with Gasteiger partial charge in [0.15, 0.2) is 0 Å². The number of carbonyl (C=O) groups is 1. The maximum Gasteiger partial charge on any atom is 0.304 e. The second-order valence-electron chi connectivity index (χ2n) is 6.47. The fraction of sp³-hybridized carbons (Fsp3) is 0.400. The molecule has 0 saturated carbocycles. The van der Waals surface area contributed by atoms with Gasteiger partial charge in [-0.3, -0.25) is 14.7 Å². The second-order valence-corrected chi connectivity index (χ2v) is 6.47. The number of aliphatic carboxylic acids is 1. The molecule has 3 rings (SSSR count). The van der Waals surface area contributed by atoms with E-state index in [0.29, 0.717) is 26.3 Å². The standard InChI is InChI=1S/C20H24N2O4/c1-15-12-17(26-14-16-4-7-21-8-5-16)2-3-18(15)19-13-22(10-11-25-19)9-6-20(23)24/h2-5,7-8,12,19H,6,9-11,13-14H2,1H3,(H,23,24). The van der Waals surface area contributed by atoms with Crippen molar-refractivity contribution in [2.75, 3.05) is 26.2 Å². The van der Waals surface area contributed by atoms with Gasteiger partial charge in [0.1, 0.15) is 12.4 Å². The summed E-state index contributed by atoms with van der Waals surface area (Å²) in [5.74, 6) is 0.0570. The predicted octanol–water partition coefficient (Wildman–Crippen LogP) is 2.82. The first-order valence-electron chi connectivity index (χ1n) is 8.80. The summed E-state index contributed by atoms with van der Waals surface area (Å²) in [6.07, 6.45) is 3.63. The highest BCUT2D eigenvalue weighted by Gasteiger charge is 2.23. The molecule has 1 aromatic heterocycles. The molecular formula is C20H24N2O4. The zero-order valence-electron chi connectivity index (χ0n) is 14.9. The quantitative estimate of drug-likeness (QED) is 0.822. The molecule has 0 spiro atoms. The third kappa shape index (κ3) is 5.03. The normalized spacial score (nSPS) is 17.8. The van der Waals surface area contributed by atoms with Crippen LogP contribution in [0.5, 0.6) is 5.75 Å². The number of carboxylic acid groups (broad SMARTS) is 1. The summed E-state index contributed by atoms with van der Waals surface area (Å²) in [6, 6.07) is 9.90. The van der Waals surface area contributed by atoms with Crippen LogP contribution in [0.2, 0.25) is 0 Å². The van der Waals surface area contributed by atoms with Crippen LogP contribution in [-0.2, 0) is 16.1 Å². The zero-order valence-corrected chi connectivity index (χ0v) is 14.9. The number of nitrogens with zero attached hydrogens (tertiary/aromatic N) is 2. The van der Waals surface area contributed by atoms with E-state index in [0.717, 1.165) is 29.0 Å². The van der Waals surface area contributed by atoms with Crippen LogP contribution in [0.4, 0.5) is 0 Å². The number of hydrogen-bond donors (Lipinski definition) is 1. The Morgan fingerprint density at radius 3 is 2.88 bits per heavy atom. The van der Waals surface area contributed by atoms with E-state index < -0.39 is 5.97 Å². The summed E-state index contributed by atoms with van der Waals surface area (Å²) in [6.45, 7) is 5.21. The first-order valence-corrected chi connectivity index (χ1v) is 8.80. The van der Waals surface area contributed by atoms with Gasteiger partial charge in [0.25, 0.3) is 0 Å². The van der Waals surface area contributed by atoms with Crippen LogP contribution < -0.4 is 4.74 Å². The van der Waals surface area contributed by atoms with Crippen LogP contribution in [-0.4, -0.2) is 47.2 Å². The average molecular weight is 356 g/mol.